The summed E-state index contributed by atoms with van der Waals surface area (Å²) in [4.78, 5) is 0. The third-order valence-corrected chi connectivity index (χ3v) is 7.22. The summed E-state index contributed by atoms with van der Waals surface area (Å²) >= 11 is 1.70. The van der Waals surface area contributed by atoms with Crippen molar-refractivity contribution in [1.82, 2.24) is 14.9 Å². The van der Waals surface area contributed by atoms with Crippen molar-refractivity contribution in [2.24, 2.45) is 5.10 Å². The topological polar surface area (TPSA) is 43.1 Å². The lowest BCUT2D eigenvalue weighted by Gasteiger charge is -2.24. The largest absolute Gasteiger partial charge is 0.213 e. The highest BCUT2D eigenvalue weighted by atomic mass is 32.2. The van der Waals surface area contributed by atoms with E-state index in [0.717, 1.165) is 27.8 Å². The van der Waals surface area contributed by atoms with Crippen LogP contribution in [0.1, 0.15) is 53.8 Å². The average molecular weight is 453 g/mol. The van der Waals surface area contributed by atoms with Crippen molar-refractivity contribution in [3.8, 4) is 11.4 Å². The second-order valence-electron chi connectivity index (χ2n) is 9.71. The minimum atomic E-state index is 0.0566. The zero-order valence-corrected chi connectivity index (χ0v) is 20.5. The lowest BCUT2D eigenvalue weighted by atomic mass is 9.87. The van der Waals surface area contributed by atoms with Gasteiger partial charge in [0.2, 0.25) is 5.16 Å². The van der Waals surface area contributed by atoms with Gasteiger partial charge in [-0.2, -0.15) is 9.78 Å². The van der Waals surface area contributed by atoms with Crippen LogP contribution < -0.4 is 0 Å². The molecule has 4 nitrogen and oxygen atoms in total. The molecule has 1 aliphatic heterocycles. The van der Waals surface area contributed by atoms with Crippen molar-refractivity contribution < 1.29 is 0 Å². The zero-order chi connectivity index (χ0) is 23.2. The number of benzene rings is 3. The van der Waals surface area contributed by atoms with Crippen molar-refractivity contribution in [3.05, 3.63) is 101 Å². The van der Waals surface area contributed by atoms with Gasteiger partial charge >= 0.3 is 0 Å². The van der Waals surface area contributed by atoms with Crippen LogP contribution in [0.4, 0.5) is 0 Å². The van der Waals surface area contributed by atoms with Gasteiger partial charge in [-0.3, -0.25) is 0 Å². The Labute approximate surface area is 199 Å². The molecule has 3 aromatic carbocycles. The molecule has 0 fully saturated rings. The maximum absolute atomic E-state index is 5.12. The highest BCUT2D eigenvalue weighted by molar-refractivity contribution is 8.00. The van der Waals surface area contributed by atoms with Crippen LogP contribution in [-0.4, -0.2) is 20.6 Å². The molecular formula is C28H28N4S. The Hall–Kier alpha value is -3.18. The predicted molar refractivity (Wildman–Crippen MR) is 137 cm³/mol. The Kier molecular flexibility index (Phi) is 5.45. The second kappa shape index (κ2) is 8.31. The fourth-order valence-electron chi connectivity index (χ4n) is 3.95. The molecule has 2 heterocycles. The minimum Gasteiger partial charge on any atom is -0.186 e. The van der Waals surface area contributed by atoms with Crippen molar-refractivity contribution in [1.29, 1.82) is 0 Å². The molecule has 0 radical (unpaired) electrons. The van der Waals surface area contributed by atoms with Gasteiger partial charge in [-0.05, 0) is 36.0 Å². The molecule has 0 saturated carbocycles. The molecule has 0 spiro atoms. The molecule has 0 unspecified atom stereocenters. The van der Waals surface area contributed by atoms with Crippen LogP contribution in [-0.2, 0) is 5.41 Å². The van der Waals surface area contributed by atoms with Gasteiger partial charge in [0.1, 0.15) is 0 Å². The van der Waals surface area contributed by atoms with E-state index in [-0.39, 0.29) is 10.7 Å². The Balaban J connectivity index is 1.61. The first kappa shape index (κ1) is 21.7. The summed E-state index contributed by atoms with van der Waals surface area (Å²) in [5.74, 6) is 0.768. The number of hydrogen-bond acceptors (Lipinski definition) is 4. The van der Waals surface area contributed by atoms with Gasteiger partial charge < -0.3 is 0 Å². The summed E-state index contributed by atoms with van der Waals surface area (Å²) in [6.07, 6.45) is 0. The molecule has 5 heteroatoms. The van der Waals surface area contributed by atoms with E-state index in [1.54, 1.807) is 11.8 Å². The van der Waals surface area contributed by atoms with Crippen LogP contribution in [0.15, 0.2) is 83.1 Å². The predicted octanol–water partition coefficient (Wildman–Crippen LogP) is 6.96. The highest BCUT2D eigenvalue weighted by Crippen LogP contribution is 2.42. The summed E-state index contributed by atoms with van der Waals surface area (Å²) in [5.41, 5.74) is 8.25. The number of aromatic nitrogens is 3. The van der Waals surface area contributed by atoms with Crippen molar-refractivity contribution >= 4 is 17.5 Å². The quantitative estimate of drug-likeness (QED) is 0.337. The molecule has 0 saturated heterocycles. The van der Waals surface area contributed by atoms with Gasteiger partial charge in [0.05, 0.1) is 11.0 Å². The first-order chi connectivity index (χ1) is 15.8. The van der Waals surface area contributed by atoms with E-state index >= 15 is 0 Å². The molecular weight excluding hydrogens is 424 g/mol. The Morgan fingerprint density at radius 3 is 1.91 bits per heavy atom. The van der Waals surface area contributed by atoms with Crippen LogP contribution >= 0.6 is 11.8 Å². The minimum absolute atomic E-state index is 0.0566. The molecule has 0 aliphatic carbocycles. The SMILES string of the molecule is Cc1ccc(C2=Nn3c(nnc3-c3ccc(C(C)(C)C)cc3)S[C@@H]2c2ccc(C)cc2)cc1. The van der Waals surface area contributed by atoms with Gasteiger partial charge in [-0.1, -0.05) is 116 Å². The first-order valence-electron chi connectivity index (χ1n) is 11.2. The maximum Gasteiger partial charge on any atom is 0.213 e. The zero-order valence-electron chi connectivity index (χ0n) is 19.7. The Morgan fingerprint density at radius 1 is 0.727 bits per heavy atom. The van der Waals surface area contributed by atoms with E-state index in [1.807, 2.05) is 4.68 Å². The lowest BCUT2D eigenvalue weighted by molar-refractivity contribution is 0.590. The fraction of sp³-hybridized carbons (Fsp3) is 0.250. The van der Waals surface area contributed by atoms with Crippen LogP contribution in [0.5, 0.6) is 0 Å². The first-order valence-corrected chi connectivity index (χ1v) is 12.1. The van der Waals surface area contributed by atoms with E-state index in [0.29, 0.717) is 0 Å². The normalized spacial score (nSPS) is 15.8. The summed E-state index contributed by atoms with van der Waals surface area (Å²) in [6.45, 7) is 10.9. The van der Waals surface area contributed by atoms with E-state index in [2.05, 4.69) is 118 Å². The lowest BCUT2D eigenvalue weighted by Crippen LogP contribution is -2.18. The number of rotatable bonds is 3. The Morgan fingerprint density at radius 2 is 1.30 bits per heavy atom. The molecule has 166 valence electrons. The molecule has 0 bridgehead atoms. The fourth-order valence-corrected chi connectivity index (χ4v) is 5.06. The van der Waals surface area contributed by atoms with Crippen LogP contribution in [0, 0.1) is 13.8 Å². The average Bonchev–Trinajstić information content (AvgIpc) is 3.22. The van der Waals surface area contributed by atoms with Crippen LogP contribution in [0.3, 0.4) is 0 Å². The van der Waals surface area contributed by atoms with E-state index in [1.165, 1.54) is 22.3 Å². The summed E-state index contributed by atoms with van der Waals surface area (Å²) in [7, 11) is 0. The van der Waals surface area contributed by atoms with Crippen molar-refractivity contribution in [3.63, 3.8) is 0 Å². The van der Waals surface area contributed by atoms with Gasteiger partial charge in [-0.15, -0.1) is 10.2 Å². The number of nitrogens with zero attached hydrogens (tertiary/aromatic N) is 4. The molecule has 1 aliphatic rings. The summed E-state index contributed by atoms with van der Waals surface area (Å²) in [5, 5.41) is 15.0. The summed E-state index contributed by atoms with van der Waals surface area (Å²) < 4.78 is 1.90. The van der Waals surface area contributed by atoms with E-state index < -0.39 is 0 Å². The third kappa shape index (κ3) is 4.25. The number of fused-ring (bicyclic) bond motifs is 1. The molecule has 1 atom stereocenters. The number of thioether (sulfide) groups is 1. The van der Waals surface area contributed by atoms with Crippen LogP contribution in [0.2, 0.25) is 0 Å². The molecule has 4 aromatic rings. The number of aryl methyl sites for hydroxylation is 2. The van der Waals surface area contributed by atoms with E-state index in [9.17, 15) is 0 Å². The van der Waals surface area contributed by atoms with Gasteiger partial charge in [0.25, 0.3) is 0 Å². The molecule has 0 amide bonds. The van der Waals surface area contributed by atoms with Gasteiger partial charge in [0, 0.05) is 5.56 Å². The molecule has 1 aromatic heterocycles. The molecule has 33 heavy (non-hydrogen) atoms. The third-order valence-electron chi connectivity index (χ3n) is 6.03. The van der Waals surface area contributed by atoms with E-state index in [4.69, 9.17) is 5.10 Å². The van der Waals surface area contributed by atoms with Gasteiger partial charge in [0.15, 0.2) is 5.82 Å². The van der Waals surface area contributed by atoms with Crippen molar-refractivity contribution in [2.75, 3.05) is 0 Å². The Bertz CT molecular complexity index is 1310. The maximum atomic E-state index is 5.12. The van der Waals surface area contributed by atoms with Crippen molar-refractivity contribution in [2.45, 2.75) is 50.4 Å². The smallest absolute Gasteiger partial charge is 0.186 e. The molecule has 5 rings (SSSR count). The number of hydrogen-bond donors (Lipinski definition) is 0. The molecule has 0 N–H and O–H groups in total. The summed E-state index contributed by atoms with van der Waals surface area (Å²) in [6, 6.07) is 25.9. The standard InChI is InChI=1S/C28H28N4S/c1-18-6-10-20(11-7-18)24-25(21-12-8-19(2)9-13-21)33-27-30-29-26(32(27)31-24)22-14-16-23(17-15-22)28(3,4)5/h6-17,25H,1-5H3/t25-/m1/s1. The second-order valence-corrected chi connectivity index (χ2v) is 10.8. The highest BCUT2D eigenvalue weighted by Gasteiger charge is 2.30. The van der Waals surface area contributed by atoms with Crippen LogP contribution in [0.25, 0.3) is 11.4 Å². The van der Waals surface area contributed by atoms with Gasteiger partial charge in [-0.25, -0.2) is 0 Å². The monoisotopic (exact) mass is 452 g/mol.